The zero-order chi connectivity index (χ0) is 14.2. The van der Waals surface area contributed by atoms with Gasteiger partial charge in [0.25, 0.3) is 5.56 Å². The van der Waals surface area contributed by atoms with Crippen LogP contribution in [0.4, 0.5) is 13.2 Å². The van der Waals surface area contributed by atoms with Crippen molar-refractivity contribution in [1.82, 2.24) is 4.57 Å². The molecule has 2 rings (SSSR count). The Morgan fingerprint density at radius 1 is 1.00 bits per heavy atom. The molecular weight excluding hydrogens is 302 g/mol. The van der Waals surface area contributed by atoms with Crippen LogP contribution in [-0.4, -0.2) is 4.57 Å². The van der Waals surface area contributed by atoms with E-state index in [-0.39, 0.29) is 15.7 Å². The minimum atomic E-state index is -4.55. The van der Waals surface area contributed by atoms with Gasteiger partial charge in [0.1, 0.15) is 0 Å². The van der Waals surface area contributed by atoms with Crippen molar-refractivity contribution >= 4 is 23.2 Å². The summed E-state index contributed by atoms with van der Waals surface area (Å²) in [6.07, 6.45) is -3.88. The van der Waals surface area contributed by atoms with Gasteiger partial charge in [-0.3, -0.25) is 9.36 Å². The second-order valence-corrected chi connectivity index (χ2v) is 4.51. The topological polar surface area (TPSA) is 22.0 Å². The average Bonchev–Trinajstić information content (AvgIpc) is 2.29. The summed E-state index contributed by atoms with van der Waals surface area (Å²) in [5.74, 6) is 0. The summed E-state index contributed by atoms with van der Waals surface area (Å²) in [7, 11) is 0. The third-order valence-electron chi connectivity index (χ3n) is 2.42. The Balaban J connectivity index is 2.72. The molecule has 2 nitrogen and oxygen atoms in total. The highest BCUT2D eigenvalue weighted by Gasteiger charge is 2.31. The van der Waals surface area contributed by atoms with Crippen molar-refractivity contribution in [1.29, 1.82) is 0 Å². The number of benzene rings is 1. The molecule has 0 unspecified atom stereocenters. The lowest BCUT2D eigenvalue weighted by Crippen LogP contribution is -2.20. The third kappa shape index (κ3) is 2.77. The van der Waals surface area contributed by atoms with Crippen molar-refractivity contribution in [2.24, 2.45) is 0 Å². The Hall–Kier alpha value is -1.46. The van der Waals surface area contributed by atoms with Crippen LogP contribution in [0.2, 0.25) is 10.0 Å². The molecule has 19 heavy (non-hydrogen) atoms. The van der Waals surface area contributed by atoms with Crippen LogP contribution in [0.5, 0.6) is 0 Å². The molecule has 100 valence electrons. The molecule has 0 fully saturated rings. The fraction of sp³-hybridized carbons (Fsp3) is 0.0833. The number of para-hydroxylation sites is 1. The van der Waals surface area contributed by atoms with Crippen LogP contribution in [0.3, 0.4) is 0 Å². The van der Waals surface area contributed by atoms with E-state index in [1.165, 1.54) is 18.2 Å². The van der Waals surface area contributed by atoms with E-state index in [1.807, 2.05) is 0 Å². The maximum absolute atomic E-state index is 12.6. The standard InChI is InChI=1S/C12H6Cl2F3NO/c13-8-2-1-3-9(14)11(8)18-6-7(12(15,16)17)4-5-10(18)19/h1-6H. The van der Waals surface area contributed by atoms with Crippen molar-refractivity contribution < 1.29 is 13.2 Å². The summed E-state index contributed by atoms with van der Waals surface area (Å²) < 4.78 is 38.7. The second kappa shape index (κ2) is 4.90. The van der Waals surface area contributed by atoms with Gasteiger partial charge in [-0.1, -0.05) is 29.3 Å². The van der Waals surface area contributed by atoms with E-state index in [1.54, 1.807) is 0 Å². The molecule has 0 saturated carbocycles. The number of pyridine rings is 1. The van der Waals surface area contributed by atoms with Gasteiger partial charge in [-0.25, -0.2) is 0 Å². The van der Waals surface area contributed by atoms with Gasteiger partial charge < -0.3 is 0 Å². The summed E-state index contributed by atoms with van der Waals surface area (Å²) in [5.41, 5.74) is -1.58. The molecule has 0 bridgehead atoms. The van der Waals surface area contributed by atoms with E-state index < -0.39 is 17.3 Å². The highest BCUT2D eigenvalue weighted by atomic mass is 35.5. The molecular formula is C12H6Cl2F3NO. The predicted molar refractivity (Wildman–Crippen MR) is 67.1 cm³/mol. The molecule has 0 aliphatic rings. The fourth-order valence-corrected chi connectivity index (χ4v) is 2.13. The van der Waals surface area contributed by atoms with Gasteiger partial charge in [-0.05, 0) is 18.2 Å². The number of nitrogens with zero attached hydrogens (tertiary/aromatic N) is 1. The first kappa shape index (κ1) is 14.0. The van der Waals surface area contributed by atoms with Crippen molar-refractivity contribution in [2.45, 2.75) is 6.18 Å². The van der Waals surface area contributed by atoms with Crippen molar-refractivity contribution in [3.8, 4) is 5.69 Å². The molecule has 7 heteroatoms. The molecule has 1 heterocycles. The third-order valence-corrected chi connectivity index (χ3v) is 3.03. The molecule has 2 aromatic rings. The Morgan fingerprint density at radius 3 is 2.11 bits per heavy atom. The van der Waals surface area contributed by atoms with Gasteiger partial charge >= 0.3 is 6.18 Å². The first-order chi connectivity index (χ1) is 8.80. The van der Waals surface area contributed by atoms with Gasteiger partial charge in [0.15, 0.2) is 0 Å². The van der Waals surface area contributed by atoms with Crippen LogP contribution in [0.15, 0.2) is 41.3 Å². The maximum atomic E-state index is 12.6. The van der Waals surface area contributed by atoms with Crippen LogP contribution in [-0.2, 0) is 6.18 Å². The van der Waals surface area contributed by atoms with Crippen molar-refractivity contribution in [2.75, 3.05) is 0 Å². The Morgan fingerprint density at radius 2 is 1.58 bits per heavy atom. The molecule has 0 aliphatic heterocycles. The van der Waals surface area contributed by atoms with E-state index in [2.05, 4.69) is 0 Å². The largest absolute Gasteiger partial charge is 0.417 e. The molecule has 0 saturated heterocycles. The summed E-state index contributed by atoms with van der Waals surface area (Å²) in [6, 6.07) is 5.95. The maximum Gasteiger partial charge on any atom is 0.417 e. The molecule has 0 N–H and O–H groups in total. The van der Waals surface area contributed by atoms with E-state index in [9.17, 15) is 18.0 Å². The van der Waals surface area contributed by atoms with Crippen LogP contribution >= 0.6 is 23.2 Å². The summed E-state index contributed by atoms with van der Waals surface area (Å²) in [5, 5.41) is 0.183. The SMILES string of the molecule is O=c1ccc(C(F)(F)F)cn1-c1c(Cl)cccc1Cl. The van der Waals surface area contributed by atoms with Gasteiger partial charge in [-0.2, -0.15) is 13.2 Å². The van der Waals surface area contributed by atoms with E-state index >= 15 is 0 Å². The highest BCUT2D eigenvalue weighted by Crippen LogP contribution is 2.31. The minimum absolute atomic E-state index is 0.0296. The summed E-state index contributed by atoms with van der Waals surface area (Å²) >= 11 is 11.8. The van der Waals surface area contributed by atoms with Crippen molar-refractivity contribution in [3.63, 3.8) is 0 Å². The smallest absolute Gasteiger partial charge is 0.281 e. The van der Waals surface area contributed by atoms with E-state index in [4.69, 9.17) is 23.2 Å². The van der Waals surface area contributed by atoms with Crippen LogP contribution < -0.4 is 5.56 Å². The number of hydrogen-bond acceptors (Lipinski definition) is 1. The predicted octanol–water partition coefficient (Wildman–Crippen LogP) is 4.16. The quantitative estimate of drug-likeness (QED) is 0.775. The zero-order valence-corrected chi connectivity index (χ0v) is 10.7. The number of halogens is 5. The Bertz CT molecular complexity index is 659. The summed E-state index contributed by atoms with van der Waals surface area (Å²) in [4.78, 5) is 11.7. The first-order valence-corrected chi connectivity index (χ1v) is 5.80. The number of alkyl halides is 3. The molecule has 0 amide bonds. The highest BCUT2D eigenvalue weighted by molar-refractivity contribution is 6.37. The van der Waals surface area contributed by atoms with Crippen LogP contribution in [0.25, 0.3) is 5.69 Å². The van der Waals surface area contributed by atoms with Gasteiger partial charge in [-0.15, -0.1) is 0 Å². The minimum Gasteiger partial charge on any atom is -0.281 e. The molecule has 1 aromatic heterocycles. The second-order valence-electron chi connectivity index (χ2n) is 3.69. The van der Waals surface area contributed by atoms with Gasteiger partial charge in [0.05, 0.1) is 21.3 Å². The molecule has 1 aromatic carbocycles. The monoisotopic (exact) mass is 307 g/mol. The van der Waals surface area contributed by atoms with E-state index in [0.29, 0.717) is 12.3 Å². The lowest BCUT2D eigenvalue weighted by atomic mass is 10.2. The molecule has 0 radical (unpaired) electrons. The number of hydrogen-bond donors (Lipinski definition) is 0. The number of rotatable bonds is 1. The normalized spacial score (nSPS) is 11.6. The fourth-order valence-electron chi connectivity index (χ4n) is 1.55. The Kier molecular flexibility index (Phi) is 3.60. The molecule has 0 aliphatic carbocycles. The lowest BCUT2D eigenvalue weighted by Gasteiger charge is -2.13. The first-order valence-electron chi connectivity index (χ1n) is 5.05. The lowest BCUT2D eigenvalue weighted by molar-refractivity contribution is -0.138. The van der Waals surface area contributed by atoms with Crippen LogP contribution in [0, 0.1) is 0 Å². The molecule has 0 atom stereocenters. The van der Waals surface area contributed by atoms with E-state index in [0.717, 1.165) is 10.6 Å². The average molecular weight is 308 g/mol. The summed E-state index contributed by atoms with van der Waals surface area (Å²) in [6.45, 7) is 0. The Labute approximate surface area is 116 Å². The zero-order valence-electron chi connectivity index (χ0n) is 9.21. The number of aromatic nitrogens is 1. The van der Waals surface area contributed by atoms with Crippen molar-refractivity contribution in [3.05, 3.63) is 62.5 Å². The molecule has 0 spiro atoms. The van der Waals surface area contributed by atoms with Gasteiger partial charge in [0.2, 0.25) is 0 Å². The van der Waals surface area contributed by atoms with Gasteiger partial charge in [0, 0.05) is 12.3 Å². The van der Waals surface area contributed by atoms with Crippen LogP contribution in [0.1, 0.15) is 5.56 Å².